The van der Waals surface area contributed by atoms with Crippen LogP contribution in [-0.2, 0) is 11.3 Å². The summed E-state index contributed by atoms with van der Waals surface area (Å²) in [7, 11) is 1.56. The number of aromatic nitrogens is 4. The molecule has 0 fully saturated rings. The molecule has 7 nitrogen and oxygen atoms in total. The number of benzene rings is 1. The Morgan fingerprint density at radius 3 is 2.07 bits per heavy atom. The first-order chi connectivity index (χ1) is 14.2. The molecule has 0 bridgehead atoms. The molecule has 30 heavy (non-hydrogen) atoms. The maximum atomic E-state index is 12.6. The number of esters is 1. The minimum absolute atomic E-state index is 0.0601. The van der Waals surface area contributed by atoms with Gasteiger partial charge >= 0.3 is 5.97 Å². The molecule has 1 aromatic carbocycles. The fraction of sp³-hybridized carbons (Fsp3) is 0.348. The van der Waals surface area contributed by atoms with Gasteiger partial charge in [0.25, 0.3) is 0 Å². The van der Waals surface area contributed by atoms with E-state index in [9.17, 15) is 4.79 Å². The van der Waals surface area contributed by atoms with Gasteiger partial charge in [-0.05, 0) is 59.7 Å². The van der Waals surface area contributed by atoms with Crippen molar-refractivity contribution in [2.24, 2.45) is 0 Å². The molecule has 0 unspecified atom stereocenters. The van der Waals surface area contributed by atoms with Crippen LogP contribution in [0.25, 0.3) is 11.3 Å². The van der Waals surface area contributed by atoms with Crippen LogP contribution in [-0.4, -0.2) is 33.0 Å². The molecule has 0 aliphatic heterocycles. The Balaban J connectivity index is 1.85. The lowest BCUT2D eigenvalue weighted by atomic mass is 10.1. The molecule has 0 aliphatic rings. The summed E-state index contributed by atoms with van der Waals surface area (Å²) < 4.78 is 11.0. The van der Waals surface area contributed by atoms with Crippen LogP contribution in [0.2, 0.25) is 0 Å². The molecule has 0 amide bonds. The number of hydrogen-bond donors (Lipinski definition) is 0. The van der Waals surface area contributed by atoms with E-state index in [-0.39, 0.29) is 6.61 Å². The molecule has 0 radical (unpaired) electrons. The first kappa shape index (κ1) is 21.4. The Hall–Kier alpha value is -3.35. The van der Waals surface area contributed by atoms with Crippen LogP contribution in [0.15, 0.2) is 18.2 Å². The number of aryl methyl sites for hydroxylation is 6. The van der Waals surface area contributed by atoms with E-state index in [1.54, 1.807) is 19.2 Å². The highest BCUT2D eigenvalue weighted by Gasteiger charge is 2.17. The van der Waals surface area contributed by atoms with E-state index in [2.05, 4.69) is 19.9 Å². The third-order valence-electron chi connectivity index (χ3n) is 5.09. The summed E-state index contributed by atoms with van der Waals surface area (Å²) in [5, 5.41) is 0. The zero-order chi connectivity index (χ0) is 22.0. The van der Waals surface area contributed by atoms with E-state index in [0.717, 1.165) is 45.4 Å². The largest absolute Gasteiger partial charge is 0.496 e. The van der Waals surface area contributed by atoms with Crippen molar-refractivity contribution >= 4 is 5.97 Å². The molecule has 0 aliphatic carbocycles. The second kappa shape index (κ2) is 8.57. The van der Waals surface area contributed by atoms with Crippen molar-refractivity contribution in [3.05, 3.63) is 63.6 Å². The molecule has 3 aromatic rings. The maximum absolute atomic E-state index is 12.6. The van der Waals surface area contributed by atoms with Gasteiger partial charge in [0.15, 0.2) is 0 Å². The molecule has 0 N–H and O–H groups in total. The number of ether oxygens (including phenoxy) is 2. The zero-order valence-electron chi connectivity index (χ0n) is 18.5. The first-order valence-electron chi connectivity index (χ1n) is 9.69. The van der Waals surface area contributed by atoms with Crippen LogP contribution in [0.4, 0.5) is 0 Å². The minimum atomic E-state index is -0.456. The van der Waals surface area contributed by atoms with Crippen molar-refractivity contribution in [2.75, 3.05) is 7.11 Å². The molecule has 2 aromatic heterocycles. The SMILES string of the molecule is COc1cc(C(=O)OCc2nc(C)c(C)nc2C)ccc1-c1nc(C)c(C)nc1C. The van der Waals surface area contributed by atoms with E-state index in [1.807, 2.05) is 47.6 Å². The van der Waals surface area contributed by atoms with Crippen molar-refractivity contribution < 1.29 is 14.3 Å². The Labute approximate surface area is 176 Å². The van der Waals surface area contributed by atoms with Crippen LogP contribution in [0.3, 0.4) is 0 Å². The second-order valence-corrected chi connectivity index (χ2v) is 7.25. The Bertz CT molecular complexity index is 1130. The Morgan fingerprint density at radius 2 is 1.40 bits per heavy atom. The average molecular weight is 406 g/mol. The molecule has 0 spiro atoms. The van der Waals surface area contributed by atoms with Crippen LogP contribution >= 0.6 is 0 Å². The molecule has 7 heteroatoms. The van der Waals surface area contributed by atoms with Gasteiger partial charge in [0.05, 0.1) is 58.2 Å². The second-order valence-electron chi connectivity index (χ2n) is 7.25. The minimum Gasteiger partial charge on any atom is -0.496 e. The first-order valence-corrected chi connectivity index (χ1v) is 9.69. The van der Waals surface area contributed by atoms with E-state index >= 15 is 0 Å². The third-order valence-corrected chi connectivity index (χ3v) is 5.09. The number of nitrogens with zero attached hydrogens (tertiary/aromatic N) is 4. The summed E-state index contributed by atoms with van der Waals surface area (Å²) >= 11 is 0. The van der Waals surface area contributed by atoms with E-state index in [1.165, 1.54) is 0 Å². The average Bonchev–Trinajstić information content (AvgIpc) is 2.71. The summed E-state index contributed by atoms with van der Waals surface area (Å²) in [6.07, 6.45) is 0. The lowest BCUT2D eigenvalue weighted by Gasteiger charge is -2.13. The molecule has 156 valence electrons. The molecule has 0 saturated heterocycles. The van der Waals surface area contributed by atoms with Crippen LogP contribution < -0.4 is 4.74 Å². The lowest BCUT2D eigenvalue weighted by molar-refractivity contribution is 0.0466. The van der Waals surface area contributed by atoms with E-state index in [0.29, 0.717) is 17.0 Å². The lowest BCUT2D eigenvalue weighted by Crippen LogP contribution is -2.10. The molecular formula is C23H26N4O3. The number of carbonyl (C=O) groups excluding carboxylic acids is 1. The van der Waals surface area contributed by atoms with Gasteiger partial charge in [-0.3, -0.25) is 15.0 Å². The van der Waals surface area contributed by atoms with E-state index < -0.39 is 5.97 Å². The molecule has 2 heterocycles. The quantitative estimate of drug-likeness (QED) is 0.588. The van der Waals surface area contributed by atoms with Gasteiger partial charge in [-0.2, -0.15) is 0 Å². The van der Waals surface area contributed by atoms with Crippen molar-refractivity contribution in [3.8, 4) is 17.0 Å². The van der Waals surface area contributed by atoms with Gasteiger partial charge in [0, 0.05) is 5.56 Å². The molecule has 0 saturated carbocycles. The summed E-state index contributed by atoms with van der Waals surface area (Å²) in [4.78, 5) is 30.7. The summed E-state index contributed by atoms with van der Waals surface area (Å²) in [5.74, 6) is 0.0782. The fourth-order valence-corrected chi connectivity index (χ4v) is 3.10. The van der Waals surface area contributed by atoms with Gasteiger partial charge in [-0.25, -0.2) is 9.78 Å². The van der Waals surface area contributed by atoms with Crippen LogP contribution in [0.5, 0.6) is 5.75 Å². The van der Waals surface area contributed by atoms with Gasteiger partial charge in [0.2, 0.25) is 0 Å². The number of carbonyl (C=O) groups is 1. The number of methoxy groups -OCH3 is 1. The standard InChI is InChI=1S/C23H26N4O3/c1-12-14(3)26-20(16(5)24-12)11-30-23(28)18-8-9-19(21(10-18)29-7)22-17(6)25-13(2)15(4)27-22/h8-10H,11H2,1-7H3. The van der Waals surface area contributed by atoms with Gasteiger partial charge in [0.1, 0.15) is 12.4 Å². The number of rotatable bonds is 5. The Morgan fingerprint density at radius 1 is 0.800 bits per heavy atom. The molecule has 0 atom stereocenters. The van der Waals surface area contributed by atoms with Crippen molar-refractivity contribution in [3.63, 3.8) is 0 Å². The fourth-order valence-electron chi connectivity index (χ4n) is 3.10. The highest BCUT2D eigenvalue weighted by atomic mass is 16.5. The monoisotopic (exact) mass is 406 g/mol. The highest BCUT2D eigenvalue weighted by molar-refractivity contribution is 5.91. The van der Waals surface area contributed by atoms with Gasteiger partial charge in [-0.1, -0.05) is 0 Å². The molecule has 3 rings (SSSR count). The van der Waals surface area contributed by atoms with Crippen LogP contribution in [0.1, 0.15) is 50.2 Å². The molecular weight excluding hydrogens is 380 g/mol. The predicted molar refractivity (Wildman–Crippen MR) is 114 cm³/mol. The maximum Gasteiger partial charge on any atom is 0.338 e. The van der Waals surface area contributed by atoms with Crippen molar-refractivity contribution in [1.29, 1.82) is 0 Å². The highest BCUT2D eigenvalue weighted by Crippen LogP contribution is 2.32. The van der Waals surface area contributed by atoms with Crippen molar-refractivity contribution in [2.45, 2.75) is 48.1 Å². The van der Waals surface area contributed by atoms with Crippen LogP contribution in [0, 0.1) is 41.5 Å². The third kappa shape index (κ3) is 4.30. The summed E-state index contributed by atoms with van der Waals surface area (Å²) in [6, 6.07) is 5.17. The normalized spacial score (nSPS) is 10.8. The smallest absolute Gasteiger partial charge is 0.338 e. The zero-order valence-corrected chi connectivity index (χ0v) is 18.5. The predicted octanol–water partition coefficient (Wildman–Crippen LogP) is 4.15. The summed E-state index contributed by atoms with van der Waals surface area (Å²) in [6.45, 7) is 11.5. The van der Waals surface area contributed by atoms with Crippen molar-refractivity contribution in [1.82, 2.24) is 19.9 Å². The number of hydrogen-bond acceptors (Lipinski definition) is 7. The van der Waals surface area contributed by atoms with Gasteiger partial charge < -0.3 is 9.47 Å². The summed E-state index contributed by atoms with van der Waals surface area (Å²) in [5.41, 5.74) is 7.53. The topological polar surface area (TPSA) is 87.1 Å². The van der Waals surface area contributed by atoms with Gasteiger partial charge in [-0.15, -0.1) is 0 Å². The Kier molecular flexibility index (Phi) is 6.10. The van der Waals surface area contributed by atoms with E-state index in [4.69, 9.17) is 9.47 Å².